The summed E-state index contributed by atoms with van der Waals surface area (Å²) in [5.74, 6) is -0.390. The Hall–Kier alpha value is -2.97. The van der Waals surface area contributed by atoms with Crippen molar-refractivity contribution in [3.05, 3.63) is 90.0 Å². The first kappa shape index (κ1) is 24.7. The summed E-state index contributed by atoms with van der Waals surface area (Å²) in [7, 11) is -3.47. The van der Waals surface area contributed by atoms with Gasteiger partial charge in [-0.05, 0) is 32.9 Å². The molecule has 0 aliphatic heterocycles. The standard InChI is InChI=1S/C28H32NO3P/c1-27(2,3)25(30)20-17-18-23(26(31)29-28(4,5)6)24(19-20)33(32,21-13-9-7-10-14-21)22-15-11-8-12-16-22/h7-19H,1-6H3,(H,29,31). The molecule has 0 aromatic heterocycles. The number of benzene rings is 3. The van der Waals surface area contributed by atoms with E-state index in [2.05, 4.69) is 5.32 Å². The summed E-state index contributed by atoms with van der Waals surface area (Å²) >= 11 is 0. The van der Waals surface area contributed by atoms with Crippen molar-refractivity contribution in [1.29, 1.82) is 0 Å². The van der Waals surface area contributed by atoms with E-state index in [1.165, 1.54) is 0 Å². The first-order valence-corrected chi connectivity index (χ1v) is 12.8. The van der Waals surface area contributed by atoms with Crippen LogP contribution in [0.5, 0.6) is 0 Å². The van der Waals surface area contributed by atoms with Gasteiger partial charge in [-0.15, -0.1) is 0 Å². The third-order valence-corrected chi connectivity index (χ3v) is 8.35. The molecule has 0 heterocycles. The maximum atomic E-state index is 15.0. The Labute approximate surface area is 196 Å². The third-order valence-electron chi connectivity index (χ3n) is 5.25. The number of hydrogen-bond acceptors (Lipinski definition) is 3. The van der Waals surface area contributed by atoms with Crippen LogP contribution >= 0.6 is 7.14 Å². The first-order chi connectivity index (χ1) is 15.3. The molecule has 33 heavy (non-hydrogen) atoms. The van der Waals surface area contributed by atoms with Crippen LogP contribution in [0.1, 0.15) is 62.3 Å². The molecule has 3 aromatic carbocycles. The lowest BCUT2D eigenvalue weighted by Gasteiger charge is -2.26. The second kappa shape index (κ2) is 9.11. The lowest BCUT2D eigenvalue weighted by atomic mass is 9.86. The Balaban J connectivity index is 2.37. The normalized spacial score (nSPS) is 12.3. The Morgan fingerprint density at radius 3 is 1.64 bits per heavy atom. The van der Waals surface area contributed by atoms with Gasteiger partial charge in [0, 0.05) is 32.4 Å². The summed E-state index contributed by atoms with van der Waals surface area (Å²) in [5.41, 5.74) is -0.337. The molecule has 0 saturated carbocycles. The largest absolute Gasteiger partial charge is 0.347 e. The molecule has 0 fully saturated rings. The van der Waals surface area contributed by atoms with Crippen molar-refractivity contribution in [2.75, 3.05) is 0 Å². The number of nitrogens with one attached hydrogen (secondary N) is 1. The van der Waals surface area contributed by atoms with Crippen LogP contribution in [0.2, 0.25) is 0 Å². The fourth-order valence-corrected chi connectivity index (χ4v) is 6.54. The zero-order valence-electron chi connectivity index (χ0n) is 20.2. The summed E-state index contributed by atoms with van der Waals surface area (Å²) in [6, 6.07) is 23.3. The van der Waals surface area contributed by atoms with E-state index < -0.39 is 18.1 Å². The molecule has 4 nitrogen and oxygen atoms in total. The average Bonchev–Trinajstić information content (AvgIpc) is 2.77. The molecule has 0 spiro atoms. The molecule has 0 atom stereocenters. The zero-order valence-corrected chi connectivity index (χ0v) is 21.1. The van der Waals surface area contributed by atoms with Gasteiger partial charge in [0.1, 0.15) is 0 Å². The van der Waals surface area contributed by atoms with Gasteiger partial charge in [-0.2, -0.15) is 0 Å². The summed E-state index contributed by atoms with van der Waals surface area (Å²) in [5, 5.41) is 4.58. The predicted octanol–water partition coefficient (Wildman–Crippen LogP) is 5.08. The first-order valence-electron chi connectivity index (χ1n) is 11.1. The molecule has 3 aromatic rings. The van der Waals surface area contributed by atoms with E-state index in [1.807, 2.05) is 102 Å². The Morgan fingerprint density at radius 1 is 0.727 bits per heavy atom. The van der Waals surface area contributed by atoms with E-state index in [0.717, 1.165) is 0 Å². The van der Waals surface area contributed by atoms with Gasteiger partial charge in [-0.1, -0.05) is 87.5 Å². The van der Waals surface area contributed by atoms with Crippen LogP contribution in [0, 0.1) is 5.41 Å². The molecule has 0 aliphatic carbocycles. The SMILES string of the molecule is CC(C)(C)NC(=O)c1ccc(C(=O)C(C)(C)C)cc1P(=O)(c1ccccc1)c1ccccc1. The Morgan fingerprint density at radius 2 is 1.21 bits per heavy atom. The van der Waals surface area contributed by atoms with Crippen molar-refractivity contribution in [2.45, 2.75) is 47.1 Å². The number of hydrogen-bond donors (Lipinski definition) is 1. The molecule has 0 radical (unpaired) electrons. The minimum absolute atomic E-state index is 0.0702. The Bertz CT molecular complexity index is 1160. The molecule has 0 unspecified atom stereocenters. The van der Waals surface area contributed by atoms with E-state index >= 15 is 4.57 Å². The number of carbonyl (C=O) groups excluding carboxylic acids is 2. The maximum Gasteiger partial charge on any atom is 0.252 e. The molecule has 0 aliphatic rings. The van der Waals surface area contributed by atoms with Crippen molar-refractivity contribution in [1.82, 2.24) is 5.32 Å². The van der Waals surface area contributed by atoms with Crippen LogP contribution in [0.25, 0.3) is 0 Å². The Kier molecular flexibility index (Phi) is 6.81. The van der Waals surface area contributed by atoms with E-state index in [9.17, 15) is 9.59 Å². The minimum Gasteiger partial charge on any atom is -0.347 e. The minimum atomic E-state index is -3.47. The number of rotatable bonds is 5. The summed E-state index contributed by atoms with van der Waals surface area (Å²) in [4.78, 5) is 26.5. The van der Waals surface area contributed by atoms with Crippen LogP contribution in [0.3, 0.4) is 0 Å². The molecular weight excluding hydrogens is 429 g/mol. The predicted molar refractivity (Wildman–Crippen MR) is 137 cm³/mol. The lowest BCUT2D eigenvalue weighted by molar-refractivity contribution is 0.0856. The van der Waals surface area contributed by atoms with E-state index in [4.69, 9.17) is 0 Å². The van der Waals surface area contributed by atoms with E-state index in [1.54, 1.807) is 18.2 Å². The number of ketones is 1. The number of amides is 1. The highest BCUT2D eigenvalue weighted by Gasteiger charge is 2.35. The van der Waals surface area contributed by atoms with Crippen molar-refractivity contribution < 1.29 is 14.2 Å². The van der Waals surface area contributed by atoms with E-state index in [-0.39, 0.29) is 11.7 Å². The molecule has 5 heteroatoms. The molecule has 3 rings (SSSR count). The van der Waals surface area contributed by atoms with Crippen molar-refractivity contribution >= 4 is 34.7 Å². The highest BCUT2D eigenvalue weighted by molar-refractivity contribution is 7.85. The van der Waals surface area contributed by atoms with Gasteiger partial charge in [-0.3, -0.25) is 9.59 Å². The van der Waals surface area contributed by atoms with Crippen LogP contribution in [-0.4, -0.2) is 17.2 Å². The fourth-order valence-electron chi connectivity index (χ4n) is 3.67. The summed E-state index contributed by atoms with van der Waals surface area (Å²) in [6.07, 6.45) is 0. The van der Waals surface area contributed by atoms with Crippen molar-refractivity contribution in [3.8, 4) is 0 Å². The van der Waals surface area contributed by atoms with Crippen molar-refractivity contribution in [3.63, 3.8) is 0 Å². The average molecular weight is 462 g/mol. The second-order valence-electron chi connectivity index (χ2n) is 10.3. The van der Waals surface area contributed by atoms with Gasteiger partial charge in [0.25, 0.3) is 5.91 Å². The zero-order chi connectivity index (χ0) is 24.4. The highest BCUT2D eigenvalue weighted by Crippen LogP contribution is 2.44. The molecule has 172 valence electrons. The molecule has 0 saturated heterocycles. The highest BCUT2D eigenvalue weighted by atomic mass is 31.2. The van der Waals surface area contributed by atoms with Crippen LogP contribution in [-0.2, 0) is 4.57 Å². The number of Topliss-reactive ketones (excluding diaryl/α,β-unsaturated/α-hetero) is 1. The monoisotopic (exact) mass is 461 g/mol. The quantitative estimate of drug-likeness (QED) is 0.426. The van der Waals surface area contributed by atoms with E-state index in [0.29, 0.717) is 27.0 Å². The van der Waals surface area contributed by atoms with Gasteiger partial charge in [0.15, 0.2) is 12.9 Å². The lowest BCUT2D eigenvalue weighted by Crippen LogP contribution is -2.43. The van der Waals surface area contributed by atoms with Crippen LogP contribution < -0.4 is 21.2 Å². The van der Waals surface area contributed by atoms with Gasteiger partial charge in [-0.25, -0.2) is 0 Å². The molecule has 1 N–H and O–H groups in total. The number of carbonyl (C=O) groups is 2. The van der Waals surface area contributed by atoms with Gasteiger partial charge < -0.3 is 9.88 Å². The third kappa shape index (κ3) is 5.34. The molecular formula is C28H32NO3P. The van der Waals surface area contributed by atoms with Gasteiger partial charge in [0.2, 0.25) is 0 Å². The fraction of sp³-hybridized carbons (Fsp3) is 0.286. The summed E-state index contributed by atoms with van der Waals surface area (Å²) in [6.45, 7) is 11.2. The second-order valence-corrected chi connectivity index (χ2v) is 13.0. The van der Waals surface area contributed by atoms with Gasteiger partial charge >= 0.3 is 0 Å². The van der Waals surface area contributed by atoms with Crippen LogP contribution in [0.4, 0.5) is 0 Å². The smallest absolute Gasteiger partial charge is 0.252 e. The molecule has 1 amide bonds. The topological polar surface area (TPSA) is 63.2 Å². The maximum absolute atomic E-state index is 15.0. The van der Waals surface area contributed by atoms with Crippen molar-refractivity contribution in [2.24, 2.45) is 5.41 Å². The summed E-state index contributed by atoms with van der Waals surface area (Å²) < 4.78 is 15.0. The molecule has 0 bridgehead atoms. The van der Waals surface area contributed by atoms with Crippen LogP contribution in [0.15, 0.2) is 78.9 Å². The van der Waals surface area contributed by atoms with Gasteiger partial charge in [0.05, 0.1) is 5.56 Å².